The summed E-state index contributed by atoms with van der Waals surface area (Å²) in [6.07, 6.45) is 3.55. The van der Waals surface area contributed by atoms with E-state index in [0.29, 0.717) is 5.92 Å². The first-order chi connectivity index (χ1) is 7.96. The molecular formula is C13H24N2O2. The Hall–Kier alpha value is -0.770. The van der Waals surface area contributed by atoms with Gasteiger partial charge >= 0.3 is 6.09 Å². The van der Waals surface area contributed by atoms with Crippen LogP contribution >= 0.6 is 0 Å². The highest BCUT2D eigenvalue weighted by molar-refractivity contribution is 5.68. The molecule has 0 bridgehead atoms. The first-order valence-electron chi connectivity index (χ1n) is 6.66. The van der Waals surface area contributed by atoms with Gasteiger partial charge in [0.2, 0.25) is 0 Å². The minimum atomic E-state index is -0.415. The van der Waals surface area contributed by atoms with Crippen molar-refractivity contribution in [2.24, 2.45) is 11.8 Å². The summed E-state index contributed by atoms with van der Waals surface area (Å²) in [4.78, 5) is 11.8. The molecule has 2 fully saturated rings. The molecule has 1 aliphatic heterocycles. The van der Waals surface area contributed by atoms with Crippen LogP contribution in [-0.2, 0) is 4.74 Å². The lowest BCUT2D eigenvalue weighted by molar-refractivity contribution is 0.0469. The standard InChI is InChI=1S/C13H24N2O2/c1-13(2,3)17-12(16)15-11-8-14-7-6-10(11)9-4-5-9/h9-11,14H,4-8H2,1-3H3,(H,15,16)/t10?,11-/m0/s1. The van der Waals surface area contributed by atoms with E-state index < -0.39 is 5.60 Å². The van der Waals surface area contributed by atoms with Crippen LogP contribution in [0.25, 0.3) is 0 Å². The SMILES string of the molecule is CC(C)(C)OC(=O)N[C@H]1CNCCC1C1CC1. The molecule has 4 nitrogen and oxygen atoms in total. The van der Waals surface area contributed by atoms with Crippen molar-refractivity contribution in [3.05, 3.63) is 0 Å². The van der Waals surface area contributed by atoms with Gasteiger partial charge in [0.1, 0.15) is 5.60 Å². The Bertz CT molecular complexity index is 282. The highest BCUT2D eigenvalue weighted by Gasteiger charge is 2.38. The number of nitrogens with one attached hydrogen (secondary N) is 2. The minimum absolute atomic E-state index is 0.242. The van der Waals surface area contributed by atoms with Crippen molar-refractivity contribution < 1.29 is 9.53 Å². The van der Waals surface area contributed by atoms with Gasteiger partial charge in [-0.05, 0) is 58.4 Å². The maximum atomic E-state index is 11.8. The van der Waals surface area contributed by atoms with E-state index in [2.05, 4.69) is 10.6 Å². The van der Waals surface area contributed by atoms with E-state index in [-0.39, 0.29) is 12.1 Å². The second kappa shape index (κ2) is 4.84. The third-order valence-electron chi connectivity index (χ3n) is 3.47. The van der Waals surface area contributed by atoms with Crippen molar-refractivity contribution in [1.82, 2.24) is 10.6 Å². The predicted molar refractivity (Wildman–Crippen MR) is 66.9 cm³/mol. The van der Waals surface area contributed by atoms with Crippen molar-refractivity contribution in [1.29, 1.82) is 0 Å². The molecule has 0 aromatic carbocycles. The number of hydrogen-bond donors (Lipinski definition) is 2. The molecule has 4 heteroatoms. The molecule has 1 saturated heterocycles. The van der Waals surface area contributed by atoms with Crippen LogP contribution in [0.3, 0.4) is 0 Å². The number of rotatable bonds is 2. The normalized spacial score (nSPS) is 29.8. The van der Waals surface area contributed by atoms with Crippen LogP contribution in [0.2, 0.25) is 0 Å². The summed E-state index contributed by atoms with van der Waals surface area (Å²) in [5.41, 5.74) is -0.415. The zero-order valence-corrected chi connectivity index (χ0v) is 11.1. The average molecular weight is 240 g/mol. The Morgan fingerprint density at radius 3 is 2.59 bits per heavy atom. The van der Waals surface area contributed by atoms with Crippen LogP contribution in [0, 0.1) is 11.8 Å². The van der Waals surface area contributed by atoms with Crippen LogP contribution in [0.1, 0.15) is 40.0 Å². The van der Waals surface area contributed by atoms with Crippen LogP contribution in [0.5, 0.6) is 0 Å². The van der Waals surface area contributed by atoms with Crippen molar-refractivity contribution in [2.75, 3.05) is 13.1 Å². The van der Waals surface area contributed by atoms with Crippen molar-refractivity contribution in [2.45, 2.75) is 51.7 Å². The first-order valence-corrected chi connectivity index (χ1v) is 6.66. The zero-order valence-electron chi connectivity index (χ0n) is 11.1. The van der Waals surface area contributed by atoms with E-state index in [4.69, 9.17) is 4.74 Å². The number of ether oxygens (including phenoxy) is 1. The number of hydrogen-bond acceptors (Lipinski definition) is 3. The van der Waals surface area contributed by atoms with Crippen molar-refractivity contribution in [3.63, 3.8) is 0 Å². The molecule has 0 radical (unpaired) electrons. The molecule has 2 rings (SSSR count). The molecule has 1 saturated carbocycles. The maximum absolute atomic E-state index is 11.8. The van der Waals surface area contributed by atoms with Gasteiger partial charge in [-0.2, -0.15) is 0 Å². The van der Waals surface area contributed by atoms with Crippen LogP contribution < -0.4 is 10.6 Å². The van der Waals surface area contributed by atoms with E-state index in [9.17, 15) is 4.79 Å². The third kappa shape index (κ3) is 3.87. The monoisotopic (exact) mass is 240 g/mol. The fraction of sp³-hybridized carbons (Fsp3) is 0.923. The lowest BCUT2D eigenvalue weighted by Gasteiger charge is -2.33. The van der Waals surface area contributed by atoms with Gasteiger partial charge in [0.15, 0.2) is 0 Å². The molecule has 1 unspecified atom stereocenters. The summed E-state index contributed by atoms with van der Waals surface area (Å²) >= 11 is 0. The Labute approximate surface area is 103 Å². The van der Waals surface area contributed by atoms with Crippen molar-refractivity contribution >= 4 is 6.09 Å². The number of alkyl carbamates (subject to hydrolysis) is 1. The van der Waals surface area contributed by atoms with E-state index in [0.717, 1.165) is 19.0 Å². The Balaban J connectivity index is 1.85. The fourth-order valence-corrected chi connectivity index (χ4v) is 2.58. The number of piperidine rings is 1. The second-order valence-electron chi connectivity index (χ2n) is 6.25. The third-order valence-corrected chi connectivity index (χ3v) is 3.47. The zero-order chi connectivity index (χ0) is 12.5. The molecule has 2 N–H and O–H groups in total. The van der Waals surface area contributed by atoms with Gasteiger partial charge in [-0.15, -0.1) is 0 Å². The molecule has 0 aromatic heterocycles. The molecule has 1 heterocycles. The van der Waals surface area contributed by atoms with Crippen molar-refractivity contribution in [3.8, 4) is 0 Å². The van der Waals surface area contributed by atoms with E-state index in [1.807, 2.05) is 20.8 Å². The molecule has 98 valence electrons. The summed E-state index contributed by atoms with van der Waals surface area (Å²) in [6.45, 7) is 7.63. The van der Waals surface area contributed by atoms with Crippen LogP contribution in [0.4, 0.5) is 4.79 Å². The van der Waals surface area contributed by atoms with Gasteiger partial charge < -0.3 is 15.4 Å². The Morgan fingerprint density at radius 1 is 1.29 bits per heavy atom. The molecule has 0 aromatic rings. The molecule has 17 heavy (non-hydrogen) atoms. The summed E-state index contributed by atoms with van der Waals surface area (Å²) in [5, 5.41) is 6.37. The highest BCUT2D eigenvalue weighted by atomic mass is 16.6. The topological polar surface area (TPSA) is 50.4 Å². The molecule has 1 aliphatic carbocycles. The molecule has 0 spiro atoms. The highest BCUT2D eigenvalue weighted by Crippen LogP contribution is 2.40. The van der Waals surface area contributed by atoms with Crippen LogP contribution in [0.15, 0.2) is 0 Å². The fourth-order valence-electron chi connectivity index (χ4n) is 2.58. The van der Waals surface area contributed by atoms with E-state index in [1.165, 1.54) is 19.3 Å². The quantitative estimate of drug-likeness (QED) is 0.775. The smallest absolute Gasteiger partial charge is 0.407 e. The summed E-state index contributed by atoms with van der Waals surface area (Å²) in [7, 11) is 0. The summed E-state index contributed by atoms with van der Waals surface area (Å²) in [5.74, 6) is 1.47. The summed E-state index contributed by atoms with van der Waals surface area (Å²) < 4.78 is 5.31. The van der Waals surface area contributed by atoms with Crippen LogP contribution in [-0.4, -0.2) is 30.8 Å². The first kappa shape index (κ1) is 12.7. The lowest BCUT2D eigenvalue weighted by atomic mass is 9.88. The van der Waals surface area contributed by atoms with E-state index in [1.54, 1.807) is 0 Å². The maximum Gasteiger partial charge on any atom is 0.407 e. The largest absolute Gasteiger partial charge is 0.444 e. The lowest BCUT2D eigenvalue weighted by Crippen LogP contribution is -2.52. The van der Waals surface area contributed by atoms with Gasteiger partial charge in [-0.25, -0.2) is 4.79 Å². The average Bonchev–Trinajstić information content (AvgIpc) is 2.98. The number of carbonyl (C=O) groups excluding carboxylic acids is 1. The number of amides is 1. The van der Waals surface area contributed by atoms with Gasteiger partial charge in [-0.3, -0.25) is 0 Å². The second-order valence-corrected chi connectivity index (χ2v) is 6.25. The predicted octanol–water partition coefficient (Wildman–Crippen LogP) is 1.90. The molecule has 1 amide bonds. The van der Waals surface area contributed by atoms with Gasteiger partial charge in [0.05, 0.1) is 0 Å². The molecule has 2 atom stereocenters. The van der Waals surface area contributed by atoms with E-state index >= 15 is 0 Å². The minimum Gasteiger partial charge on any atom is -0.444 e. The Morgan fingerprint density at radius 2 is 2.00 bits per heavy atom. The number of carbonyl (C=O) groups is 1. The van der Waals surface area contributed by atoms with Gasteiger partial charge in [0, 0.05) is 12.6 Å². The van der Waals surface area contributed by atoms with Gasteiger partial charge in [-0.1, -0.05) is 0 Å². The summed E-state index contributed by atoms with van der Waals surface area (Å²) in [6, 6.07) is 0.242. The molecule has 2 aliphatic rings. The Kier molecular flexibility index (Phi) is 3.61. The van der Waals surface area contributed by atoms with Gasteiger partial charge in [0.25, 0.3) is 0 Å². The molecular weight excluding hydrogens is 216 g/mol.